The van der Waals surface area contributed by atoms with Crippen LogP contribution in [0.4, 0.5) is 9.59 Å². The first-order valence-electron chi connectivity index (χ1n) is 11.9. The van der Waals surface area contributed by atoms with Gasteiger partial charge in [-0.05, 0) is 62.4 Å². The van der Waals surface area contributed by atoms with Crippen LogP contribution in [0.5, 0.6) is 0 Å². The summed E-state index contributed by atoms with van der Waals surface area (Å²) in [4.78, 5) is 41.8. The number of aromatic nitrogens is 1. The Hall–Kier alpha value is -4.14. The molecule has 3 aromatic rings. The highest BCUT2D eigenvalue weighted by atomic mass is 16.7. The second kappa shape index (κ2) is 10.6. The lowest BCUT2D eigenvalue weighted by Crippen LogP contribution is -2.46. The molecular weight excluding hydrogens is 464 g/mol. The standard InChI is InChI=1S/C27H28N2O7/c1-2-35-25(32)29(17-27(36-26(33)34)13-5-6-14-27)16-18-9-11-22-19(15-18)10-12-23(28-22)20-7-3-4-8-21(20)24(30)31/h3-4,7-12,15H,2,5-6,13-14,16-17H2,1H3,(H,30,31)(H,33,34). The van der Waals surface area contributed by atoms with E-state index in [2.05, 4.69) is 4.98 Å². The van der Waals surface area contributed by atoms with Gasteiger partial charge in [-0.25, -0.2) is 19.4 Å². The molecule has 1 heterocycles. The molecule has 2 aromatic carbocycles. The number of aromatic carboxylic acids is 1. The normalized spacial score (nSPS) is 14.4. The van der Waals surface area contributed by atoms with Gasteiger partial charge in [-0.2, -0.15) is 0 Å². The Bertz CT molecular complexity index is 1280. The minimum atomic E-state index is -1.35. The van der Waals surface area contributed by atoms with Crippen LogP contribution in [-0.4, -0.2) is 57.1 Å². The minimum absolute atomic E-state index is 0.110. The predicted molar refractivity (Wildman–Crippen MR) is 132 cm³/mol. The van der Waals surface area contributed by atoms with Gasteiger partial charge in [-0.1, -0.05) is 30.3 Å². The lowest BCUT2D eigenvalue weighted by atomic mass is 10.0. The highest BCUT2D eigenvalue weighted by molar-refractivity contribution is 5.96. The average molecular weight is 493 g/mol. The molecule has 36 heavy (non-hydrogen) atoms. The molecule has 2 N–H and O–H groups in total. The molecular formula is C27H28N2O7. The highest BCUT2D eigenvalue weighted by Gasteiger charge is 2.41. The van der Waals surface area contributed by atoms with Crippen LogP contribution >= 0.6 is 0 Å². The number of rotatable bonds is 8. The Balaban J connectivity index is 1.61. The second-order valence-corrected chi connectivity index (χ2v) is 8.89. The summed E-state index contributed by atoms with van der Waals surface area (Å²) >= 11 is 0. The number of carboxylic acids is 1. The molecule has 0 unspecified atom stereocenters. The van der Waals surface area contributed by atoms with Gasteiger partial charge in [-0.3, -0.25) is 4.90 Å². The van der Waals surface area contributed by atoms with E-state index in [9.17, 15) is 24.6 Å². The molecule has 9 nitrogen and oxygen atoms in total. The molecule has 1 fully saturated rings. The van der Waals surface area contributed by atoms with Crippen LogP contribution in [0.25, 0.3) is 22.2 Å². The number of carbonyl (C=O) groups is 3. The zero-order valence-corrected chi connectivity index (χ0v) is 20.0. The number of amides is 1. The Morgan fingerprint density at radius 3 is 2.47 bits per heavy atom. The first-order chi connectivity index (χ1) is 17.3. The summed E-state index contributed by atoms with van der Waals surface area (Å²) in [6.45, 7) is 2.24. The molecule has 0 saturated heterocycles. The number of fused-ring (bicyclic) bond motifs is 1. The number of benzene rings is 2. The summed E-state index contributed by atoms with van der Waals surface area (Å²) in [6, 6.07) is 15.9. The summed E-state index contributed by atoms with van der Waals surface area (Å²) in [5.74, 6) is -1.02. The summed E-state index contributed by atoms with van der Waals surface area (Å²) in [5.41, 5.74) is 1.82. The molecule has 0 spiro atoms. The van der Waals surface area contributed by atoms with Crippen LogP contribution in [0.15, 0.2) is 54.6 Å². The van der Waals surface area contributed by atoms with E-state index in [4.69, 9.17) is 9.47 Å². The number of pyridine rings is 1. The maximum Gasteiger partial charge on any atom is 0.506 e. The van der Waals surface area contributed by atoms with Crippen LogP contribution in [0.1, 0.15) is 48.5 Å². The lowest BCUT2D eigenvalue weighted by Gasteiger charge is -2.33. The molecule has 9 heteroatoms. The van der Waals surface area contributed by atoms with E-state index < -0.39 is 23.8 Å². The summed E-state index contributed by atoms with van der Waals surface area (Å²) < 4.78 is 10.5. The third-order valence-electron chi connectivity index (χ3n) is 6.38. The zero-order chi connectivity index (χ0) is 25.7. The molecule has 1 amide bonds. The Kier molecular flexibility index (Phi) is 7.38. The third-order valence-corrected chi connectivity index (χ3v) is 6.38. The van der Waals surface area contributed by atoms with Crippen LogP contribution in [-0.2, 0) is 16.0 Å². The fraction of sp³-hybridized carbons (Fsp3) is 0.333. The van der Waals surface area contributed by atoms with E-state index in [-0.39, 0.29) is 25.3 Å². The molecule has 4 rings (SSSR count). The maximum atomic E-state index is 12.8. The molecule has 0 aliphatic heterocycles. The van der Waals surface area contributed by atoms with Crippen molar-refractivity contribution >= 4 is 29.1 Å². The molecule has 0 atom stereocenters. The second-order valence-electron chi connectivity index (χ2n) is 8.89. The van der Waals surface area contributed by atoms with Gasteiger partial charge in [0.2, 0.25) is 0 Å². The number of hydrogen-bond donors (Lipinski definition) is 2. The third kappa shape index (κ3) is 5.56. The molecule has 1 aromatic heterocycles. The molecule has 1 saturated carbocycles. The average Bonchev–Trinajstić information content (AvgIpc) is 3.30. The summed E-state index contributed by atoms with van der Waals surface area (Å²) in [7, 11) is 0. The van der Waals surface area contributed by atoms with Crippen LogP contribution in [0.3, 0.4) is 0 Å². The van der Waals surface area contributed by atoms with Gasteiger partial charge in [0, 0.05) is 17.5 Å². The zero-order valence-electron chi connectivity index (χ0n) is 20.0. The van der Waals surface area contributed by atoms with E-state index in [1.54, 1.807) is 37.3 Å². The van der Waals surface area contributed by atoms with E-state index >= 15 is 0 Å². The van der Waals surface area contributed by atoms with Crippen molar-refractivity contribution in [2.75, 3.05) is 13.2 Å². The van der Waals surface area contributed by atoms with Crippen molar-refractivity contribution in [2.24, 2.45) is 0 Å². The summed E-state index contributed by atoms with van der Waals surface area (Å²) in [6.07, 6.45) is 0.890. The first-order valence-corrected chi connectivity index (χ1v) is 11.9. The molecule has 0 radical (unpaired) electrons. The quantitative estimate of drug-likeness (QED) is 0.391. The van der Waals surface area contributed by atoms with Crippen molar-refractivity contribution in [3.8, 4) is 11.3 Å². The van der Waals surface area contributed by atoms with Crippen molar-refractivity contribution in [1.29, 1.82) is 0 Å². The monoisotopic (exact) mass is 492 g/mol. The topological polar surface area (TPSA) is 126 Å². The highest BCUT2D eigenvalue weighted by Crippen LogP contribution is 2.35. The number of hydrogen-bond acceptors (Lipinski definition) is 6. The minimum Gasteiger partial charge on any atom is -0.478 e. The summed E-state index contributed by atoms with van der Waals surface area (Å²) in [5, 5.41) is 19.6. The van der Waals surface area contributed by atoms with Gasteiger partial charge in [-0.15, -0.1) is 0 Å². The van der Waals surface area contributed by atoms with Gasteiger partial charge in [0.1, 0.15) is 5.60 Å². The number of ether oxygens (including phenoxy) is 2. The van der Waals surface area contributed by atoms with Gasteiger partial charge in [0.15, 0.2) is 0 Å². The van der Waals surface area contributed by atoms with Crippen LogP contribution in [0.2, 0.25) is 0 Å². The molecule has 188 valence electrons. The van der Waals surface area contributed by atoms with Crippen molar-refractivity contribution in [2.45, 2.75) is 44.8 Å². The van der Waals surface area contributed by atoms with Crippen LogP contribution in [0, 0.1) is 0 Å². The van der Waals surface area contributed by atoms with Gasteiger partial charge in [0.05, 0.1) is 29.9 Å². The Labute approximate surface area is 208 Å². The maximum absolute atomic E-state index is 12.8. The van der Waals surface area contributed by atoms with Crippen molar-refractivity contribution in [3.05, 3.63) is 65.7 Å². The molecule has 1 aliphatic rings. The van der Waals surface area contributed by atoms with E-state index in [0.29, 0.717) is 29.6 Å². The Morgan fingerprint density at radius 2 is 1.78 bits per heavy atom. The predicted octanol–water partition coefficient (Wildman–Crippen LogP) is 5.57. The van der Waals surface area contributed by atoms with E-state index in [1.807, 2.05) is 24.3 Å². The fourth-order valence-corrected chi connectivity index (χ4v) is 4.78. The van der Waals surface area contributed by atoms with E-state index in [0.717, 1.165) is 23.8 Å². The lowest BCUT2D eigenvalue weighted by molar-refractivity contribution is -0.0357. The van der Waals surface area contributed by atoms with Gasteiger partial charge < -0.3 is 19.7 Å². The number of carbonyl (C=O) groups excluding carboxylic acids is 1. The SMILES string of the molecule is CCOC(=O)N(Cc1ccc2nc(-c3ccccc3C(=O)O)ccc2c1)CC1(OC(=O)O)CCCC1. The van der Waals surface area contributed by atoms with Gasteiger partial charge in [0.25, 0.3) is 0 Å². The molecule has 1 aliphatic carbocycles. The van der Waals surface area contributed by atoms with Crippen molar-refractivity contribution < 1.29 is 34.1 Å². The van der Waals surface area contributed by atoms with E-state index in [1.165, 1.54) is 4.90 Å². The number of carboxylic acid groups (broad SMARTS) is 2. The Morgan fingerprint density at radius 1 is 1.03 bits per heavy atom. The smallest absolute Gasteiger partial charge is 0.478 e. The molecule has 0 bridgehead atoms. The number of nitrogens with zero attached hydrogens (tertiary/aromatic N) is 2. The van der Waals surface area contributed by atoms with Gasteiger partial charge >= 0.3 is 18.2 Å². The fourth-order valence-electron chi connectivity index (χ4n) is 4.78. The largest absolute Gasteiger partial charge is 0.506 e. The van der Waals surface area contributed by atoms with Crippen molar-refractivity contribution in [1.82, 2.24) is 9.88 Å². The van der Waals surface area contributed by atoms with Crippen LogP contribution < -0.4 is 0 Å². The van der Waals surface area contributed by atoms with Crippen molar-refractivity contribution in [3.63, 3.8) is 0 Å². The first kappa shape index (κ1) is 25.0.